The fourth-order valence-electron chi connectivity index (χ4n) is 4.01. The monoisotopic (exact) mass is 480 g/mol. The van der Waals surface area contributed by atoms with Crippen molar-refractivity contribution < 1.29 is 19.3 Å². The summed E-state index contributed by atoms with van der Waals surface area (Å²) in [5.74, 6) is 2.10. The van der Waals surface area contributed by atoms with Crippen LogP contribution in [-0.2, 0) is 11.3 Å². The van der Waals surface area contributed by atoms with Crippen molar-refractivity contribution in [2.45, 2.75) is 13.5 Å². The predicted molar refractivity (Wildman–Crippen MR) is 131 cm³/mol. The van der Waals surface area contributed by atoms with Crippen molar-refractivity contribution in [1.82, 2.24) is 14.6 Å². The van der Waals surface area contributed by atoms with Crippen LogP contribution in [0.5, 0.6) is 11.5 Å². The number of hydrogen-bond acceptors (Lipinski definition) is 7. The lowest BCUT2D eigenvalue weighted by Crippen LogP contribution is -2.22. The maximum Gasteiger partial charge on any atom is 0.231 e. The fraction of sp³-hybridized carbons (Fsp3) is 0.280. The normalized spacial score (nSPS) is 12.5. The second-order valence-corrected chi connectivity index (χ2v) is 8.35. The van der Waals surface area contributed by atoms with Crippen LogP contribution in [0, 0.1) is 0 Å². The summed E-state index contributed by atoms with van der Waals surface area (Å²) in [4.78, 5) is 6.87. The van der Waals surface area contributed by atoms with E-state index in [1.807, 2.05) is 71.9 Å². The zero-order valence-corrected chi connectivity index (χ0v) is 19.7. The summed E-state index contributed by atoms with van der Waals surface area (Å²) >= 11 is 6.32. The Hall–Kier alpha value is -3.33. The molecule has 1 aliphatic heterocycles. The van der Waals surface area contributed by atoms with Gasteiger partial charge >= 0.3 is 0 Å². The number of hydrogen-bond donors (Lipinski definition) is 1. The standard InChI is InChI=1S/C25H25ClN4O4/c1-3-32-14-19-24(17-7-8-21-22(12-17)34-15-33-21)25-27-23(29(2)9-10-31)13-20(30(25)28-19)16-5-4-6-18(26)11-16/h4-8,11-13,31H,3,9-10,14-15H2,1-2H3. The molecule has 176 valence electrons. The van der Waals surface area contributed by atoms with Crippen LogP contribution >= 0.6 is 11.6 Å². The van der Waals surface area contributed by atoms with Gasteiger partial charge in [-0.15, -0.1) is 0 Å². The van der Waals surface area contributed by atoms with Crippen molar-refractivity contribution in [1.29, 1.82) is 0 Å². The zero-order valence-electron chi connectivity index (χ0n) is 19.0. The van der Waals surface area contributed by atoms with Crippen LogP contribution in [0.25, 0.3) is 28.0 Å². The summed E-state index contributed by atoms with van der Waals surface area (Å²) < 4.78 is 18.7. The maximum atomic E-state index is 9.51. The minimum Gasteiger partial charge on any atom is -0.454 e. The van der Waals surface area contributed by atoms with Crippen molar-refractivity contribution in [3.05, 3.63) is 59.2 Å². The molecule has 0 saturated heterocycles. The van der Waals surface area contributed by atoms with Gasteiger partial charge in [-0.3, -0.25) is 0 Å². The number of likely N-dealkylation sites (N-methyl/N-ethyl adjacent to an activating group) is 1. The highest BCUT2D eigenvalue weighted by Crippen LogP contribution is 2.39. The molecule has 0 unspecified atom stereocenters. The molecule has 34 heavy (non-hydrogen) atoms. The van der Waals surface area contributed by atoms with Crippen molar-refractivity contribution in [2.75, 3.05) is 38.5 Å². The molecule has 9 heteroatoms. The summed E-state index contributed by atoms with van der Waals surface area (Å²) in [6.45, 7) is 3.51. The Morgan fingerprint density at radius 3 is 2.76 bits per heavy atom. The van der Waals surface area contributed by atoms with Gasteiger partial charge in [-0.25, -0.2) is 9.50 Å². The van der Waals surface area contributed by atoms with Crippen LogP contribution in [0.2, 0.25) is 5.02 Å². The number of aliphatic hydroxyl groups excluding tert-OH is 1. The highest BCUT2D eigenvalue weighted by Gasteiger charge is 2.23. The maximum absolute atomic E-state index is 9.51. The second-order valence-electron chi connectivity index (χ2n) is 7.92. The van der Waals surface area contributed by atoms with Gasteiger partial charge in [0.2, 0.25) is 6.79 Å². The van der Waals surface area contributed by atoms with Gasteiger partial charge in [0, 0.05) is 36.9 Å². The molecular formula is C25H25ClN4O4. The van der Waals surface area contributed by atoms with E-state index in [0.717, 1.165) is 28.1 Å². The summed E-state index contributed by atoms with van der Waals surface area (Å²) in [5.41, 5.74) is 4.93. The Morgan fingerprint density at radius 1 is 1.12 bits per heavy atom. The van der Waals surface area contributed by atoms with Gasteiger partial charge in [-0.1, -0.05) is 29.8 Å². The Kier molecular flexibility index (Phi) is 6.28. The first kappa shape index (κ1) is 22.5. The lowest BCUT2D eigenvalue weighted by Gasteiger charge is -2.18. The molecule has 8 nitrogen and oxygen atoms in total. The van der Waals surface area contributed by atoms with Crippen LogP contribution in [0.15, 0.2) is 48.5 Å². The van der Waals surface area contributed by atoms with Crippen molar-refractivity contribution in [2.24, 2.45) is 0 Å². The van der Waals surface area contributed by atoms with Crippen LogP contribution in [0.1, 0.15) is 12.6 Å². The summed E-state index contributed by atoms with van der Waals surface area (Å²) in [6.07, 6.45) is 0. The minimum absolute atomic E-state index is 0.0136. The predicted octanol–water partition coefficient (Wildman–Crippen LogP) is 4.41. The molecule has 3 heterocycles. The molecule has 0 aliphatic carbocycles. The average Bonchev–Trinajstić information content (AvgIpc) is 3.45. The average molecular weight is 481 g/mol. The Balaban J connectivity index is 1.78. The first-order chi connectivity index (χ1) is 16.6. The Morgan fingerprint density at radius 2 is 1.97 bits per heavy atom. The largest absolute Gasteiger partial charge is 0.454 e. The zero-order chi connectivity index (χ0) is 23.7. The number of nitrogens with zero attached hydrogens (tertiary/aromatic N) is 4. The van der Waals surface area contributed by atoms with Gasteiger partial charge in [-0.2, -0.15) is 5.10 Å². The number of rotatable bonds is 8. The van der Waals surface area contributed by atoms with E-state index in [4.69, 9.17) is 35.9 Å². The van der Waals surface area contributed by atoms with E-state index >= 15 is 0 Å². The van der Waals surface area contributed by atoms with Crippen molar-refractivity contribution in [3.8, 4) is 33.9 Å². The first-order valence-corrected chi connectivity index (χ1v) is 11.4. The third-order valence-corrected chi connectivity index (χ3v) is 5.93. The van der Waals surface area contributed by atoms with Crippen LogP contribution in [0.4, 0.5) is 5.82 Å². The molecule has 1 N–H and O–H groups in total. The van der Waals surface area contributed by atoms with Gasteiger partial charge in [0.05, 0.1) is 30.2 Å². The van der Waals surface area contributed by atoms with Gasteiger partial charge in [0.15, 0.2) is 17.1 Å². The number of benzene rings is 2. The highest BCUT2D eigenvalue weighted by atomic mass is 35.5. The van der Waals surface area contributed by atoms with E-state index in [-0.39, 0.29) is 13.4 Å². The number of ether oxygens (including phenoxy) is 3. The quantitative estimate of drug-likeness (QED) is 0.400. The molecule has 0 amide bonds. The first-order valence-electron chi connectivity index (χ1n) is 11.1. The van der Waals surface area contributed by atoms with Gasteiger partial charge in [-0.05, 0) is 36.8 Å². The summed E-state index contributed by atoms with van der Waals surface area (Å²) in [6, 6.07) is 15.4. The van der Waals surface area contributed by atoms with Crippen LogP contribution in [0.3, 0.4) is 0 Å². The number of fused-ring (bicyclic) bond motifs is 2. The lowest BCUT2D eigenvalue weighted by atomic mass is 10.0. The van der Waals surface area contributed by atoms with Gasteiger partial charge in [0.1, 0.15) is 5.82 Å². The SMILES string of the molecule is CCOCc1nn2c(-c3cccc(Cl)c3)cc(N(C)CCO)nc2c1-c1ccc2c(c1)OCO2. The third kappa shape index (κ3) is 4.16. The van der Waals surface area contributed by atoms with E-state index in [2.05, 4.69) is 0 Å². The summed E-state index contributed by atoms with van der Waals surface area (Å²) in [5, 5.41) is 15.1. The smallest absolute Gasteiger partial charge is 0.231 e. The molecular weight excluding hydrogens is 456 g/mol. The number of anilines is 1. The molecule has 1 aliphatic rings. The highest BCUT2D eigenvalue weighted by molar-refractivity contribution is 6.30. The van der Waals surface area contributed by atoms with Crippen molar-refractivity contribution in [3.63, 3.8) is 0 Å². The van der Waals surface area contributed by atoms with Crippen molar-refractivity contribution >= 4 is 23.1 Å². The second kappa shape index (κ2) is 9.50. The fourth-order valence-corrected chi connectivity index (χ4v) is 4.20. The number of aliphatic hydroxyl groups is 1. The van der Waals surface area contributed by atoms with E-state index in [1.165, 1.54) is 0 Å². The molecule has 5 rings (SSSR count). The van der Waals surface area contributed by atoms with Crippen LogP contribution < -0.4 is 14.4 Å². The molecule has 0 atom stereocenters. The van der Waals surface area contributed by atoms with E-state index < -0.39 is 0 Å². The third-order valence-electron chi connectivity index (χ3n) is 5.70. The summed E-state index contributed by atoms with van der Waals surface area (Å²) in [7, 11) is 1.90. The number of aromatic nitrogens is 3. The topological polar surface area (TPSA) is 81.4 Å². The molecule has 0 radical (unpaired) electrons. The Labute approximate surface area is 202 Å². The molecule has 2 aromatic carbocycles. The van der Waals surface area contributed by atoms with E-state index in [9.17, 15) is 5.11 Å². The minimum atomic E-state index is 0.0136. The Bertz CT molecular complexity index is 1340. The van der Waals surface area contributed by atoms with Gasteiger partial charge in [0.25, 0.3) is 0 Å². The molecule has 0 bridgehead atoms. The number of halogens is 1. The molecule has 0 spiro atoms. The molecule has 0 fully saturated rings. The van der Waals surface area contributed by atoms with E-state index in [1.54, 1.807) is 0 Å². The van der Waals surface area contributed by atoms with E-state index in [0.29, 0.717) is 47.7 Å². The molecule has 2 aromatic heterocycles. The lowest BCUT2D eigenvalue weighted by molar-refractivity contribution is 0.131. The van der Waals surface area contributed by atoms with Gasteiger partial charge < -0.3 is 24.2 Å². The molecule has 0 saturated carbocycles. The molecule has 4 aromatic rings. The van der Waals surface area contributed by atoms with Crippen LogP contribution in [-0.4, -0.2) is 53.3 Å².